The Balaban J connectivity index is 4.05. The number of hydrogen-bond donors (Lipinski definition) is 1. The highest BCUT2D eigenvalue weighted by molar-refractivity contribution is 7.86. The summed E-state index contributed by atoms with van der Waals surface area (Å²) in [6.07, 6.45) is 0. The van der Waals surface area contributed by atoms with Gasteiger partial charge in [-0.2, -0.15) is 8.42 Å². The van der Waals surface area contributed by atoms with E-state index in [1.54, 1.807) is 13.8 Å². The summed E-state index contributed by atoms with van der Waals surface area (Å²) < 4.78 is 39.3. The second-order valence-corrected chi connectivity index (χ2v) is 3.62. The molecule has 0 bridgehead atoms. The zero-order chi connectivity index (χ0) is 9.61. The fourth-order valence-corrected chi connectivity index (χ4v) is 1.20. The summed E-state index contributed by atoms with van der Waals surface area (Å²) in [6.45, 7) is 3.84. The van der Waals surface area contributed by atoms with Gasteiger partial charge in [-0.1, -0.05) is 0 Å². The summed E-state index contributed by atoms with van der Waals surface area (Å²) in [5.41, 5.74) is -1.26. The van der Waals surface area contributed by atoms with Crippen molar-refractivity contribution in [1.82, 2.24) is 0 Å². The molecule has 0 aromatic heterocycles. The van der Waals surface area contributed by atoms with Gasteiger partial charge >= 0.3 is 0 Å². The first-order valence-electron chi connectivity index (χ1n) is 3.68. The van der Waals surface area contributed by atoms with Crippen LogP contribution in [-0.2, 0) is 19.6 Å². The molecule has 1 atom stereocenters. The zero-order valence-corrected chi connectivity index (χ0v) is 8.00. The molecule has 0 amide bonds. The summed E-state index contributed by atoms with van der Waals surface area (Å²) in [5.74, 6) is 0. The topological polar surface area (TPSA) is 72.8 Å². The van der Waals surface area contributed by atoms with Crippen LogP contribution >= 0.6 is 0 Å². The predicted molar refractivity (Wildman–Crippen MR) is 43.5 cm³/mol. The molecule has 5 nitrogen and oxygen atoms in total. The van der Waals surface area contributed by atoms with Crippen molar-refractivity contribution >= 4 is 10.1 Å². The van der Waals surface area contributed by atoms with Crippen LogP contribution in [0.5, 0.6) is 0 Å². The van der Waals surface area contributed by atoms with Crippen LogP contribution in [-0.4, -0.2) is 38.2 Å². The minimum atomic E-state index is -4.15. The van der Waals surface area contributed by atoms with E-state index in [1.807, 2.05) is 0 Å². The Bertz CT molecular complexity index is 198. The van der Waals surface area contributed by atoms with Crippen molar-refractivity contribution < 1.29 is 22.4 Å². The van der Waals surface area contributed by atoms with Gasteiger partial charge < -0.3 is 9.47 Å². The molecule has 74 valence electrons. The van der Waals surface area contributed by atoms with Crippen molar-refractivity contribution in [3.63, 3.8) is 0 Å². The van der Waals surface area contributed by atoms with Crippen LogP contribution in [0, 0.1) is 0 Å². The largest absolute Gasteiger partial charge is 0.378 e. The van der Waals surface area contributed by atoms with Crippen LogP contribution in [0.15, 0.2) is 0 Å². The molecule has 0 aromatic carbocycles. The third kappa shape index (κ3) is 4.66. The van der Waals surface area contributed by atoms with E-state index in [1.165, 1.54) is 0 Å². The van der Waals surface area contributed by atoms with Crippen LogP contribution in [0.4, 0.5) is 0 Å². The lowest BCUT2D eigenvalue weighted by molar-refractivity contribution is 0.0299. The molecule has 0 spiro atoms. The van der Waals surface area contributed by atoms with E-state index in [0.717, 1.165) is 0 Å². The molecule has 0 radical (unpaired) electrons. The van der Waals surface area contributed by atoms with E-state index in [2.05, 4.69) is 0 Å². The fourth-order valence-electron chi connectivity index (χ4n) is 0.620. The Kier molecular flexibility index (Phi) is 5.39. The molecule has 0 rings (SSSR count). The van der Waals surface area contributed by atoms with Gasteiger partial charge in [-0.25, -0.2) is 0 Å². The molecule has 12 heavy (non-hydrogen) atoms. The van der Waals surface area contributed by atoms with Gasteiger partial charge in [0.25, 0.3) is 10.1 Å². The van der Waals surface area contributed by atoms with Crippen LogP contribution in [0.1, 0.15) is 13.8 Å². The molecule has 0 fully saturated rings. The number of rotatable bonds is 6. The summed E-state index contributed by atoms with van der Waals surface area (Å²) >= 11 is 0. The van der Waals surface area contributed by atoms with Gasteiger partial charge in [-0.3, -0.25) is 4.55 Å². The first-order chi connectivity index (χ1) is 5.52. The molecule has 0 heterocycles. The van der Waals surface area contributed by atoms with Gasteiger partial charge in [0, 0.05) is 13.2 Å². The van der Waals surface area contributed by atoms with Gasteiger partial charge in [0.15, 0.2) is 0 Å². The third-order valence-corrected chi connectivity index (χ3v) is 2.08. The highest BCUT2D eigenvalue weighted by atomic mass is 32.2. The molecule has 0 aliphatic heterocycles. The molecular weight excluding hydrogens is 184 g/mol. The maximum Gasteiger partial charge on any atom is 0.294 e. The Labute approximate surface area is 72.4 Å². The summed E-state index contributed by atoms with van der Waals surface area (Å²) in [7, 11) is -4.15. The van der Waals surface area contributed by atoms with Crippen molar-refractivity contribution in [2.24, 2.45) is 0 Å². The van der Waals surface area contributed by atoms with Crippen molar-refractivity contribution in [3.8, 4) is 0 Å². The van der Waals surface area contributed by atoms with Crippen LogP contribution in [0.2, 0.25) is 0 Å². The monoisotopic (exact) mass is 198 g/mol. The van der Waals surface area contributed by atoms with E-state index >= 15 is 0 Å². The summed E-state index contributed by atoms with van der Waals surface area (Å²) in [4.78, 5) is 0. The first kappa shape index (κ1) is 11.8. The quantitative estimate of drug-likeness (QED) is 0.620. The Morgan fingerprint density at radius 1 is 1.33 bits per heavy atom. The lowest BCUT2D eigenvalue weighted by atomic mass is 10.7. The lowest BCUT2D eigenvalue weighted by Gasteiger charge is -2.12. The molecule has 0 aliphatic rings. The van der Waals surface area contributed by atoms with Crippen LogP contribution in [0.3, 0.4) is 0 Å². The SMILES string of the molecule is CCOCC(OCC)S(=O)(=O)O. The highest BCUT2D eigenvalue weighted by Crippen LogP contribution is 2.01. The van der Waals surface area contributed by atoms with E-state index in [-0.39, 0.29) is 13.2 Å². The van der Waals surface area contributed by atoms with E-state index < -0.39 is 15.6 Å². The third-order valence-electron chi connectivity index (χ3n) is 1.14. The molecule has 6 heteroatoms. The second-order valence-electron chi connectivity index (χ2n) is 2.06. The zero-order valence-electron chi connectivity index (χ0n) is 7.19. The minimum Gasteiger partial charge on any atom is -0.378 e. The molecule has 0 saturated carbocycles. The van der Waals surface area contributed by atoms with Gasteiger partial charge in [-0.15, -0.1) is 0 Å². The average Bonchev–Trinajstić information content (AvgIpc) is 1.95. The Morgan fingerprint density at radius 3 is 2.25 bits per heavy atom. The predicted octanol–water partition coefficient (Wildman–Crippen LogP) is 0.273. The Morgan fingerprint density at radius 2 is 1.92 bits per heavy atom. The van der Waals surface area contributed by atoms with Gasteiger partial charge in [0.2, 0.25) is 5.44 Å². The Hall–Kier alpha value is -0.170. The normalized spacial score (nSPS) is 14.6. The fraction of sp³-hybridized carbons (Fsp3) is 1.00. The van der Waals surface area contributed by atoms with Crippen molar-refractivity contribution in [2.45, 2.75) is 19.3 Å². The highest BCUT2D eigenvalue weighted by Gasteiger charge is 2.22. The summed E-state index contributed by atoms with van der Waals surface area (Å²) in [5, 5.41) is 0. The molecule has 1 N–H and O–H groups in total. The van der Waals surface area contributed by atoms with Crippen molar-refractivity contribution in [3.05, 3.63) is 0 Å². The molecular formula is C6H14O5S. The number of ether oxygens (including phenoxy) is 2. The van der Waals surface area contributed by atoms with E-state index in [4.69, 9.17) is 14.0 Å². The maximum absolute atomic E-state index is 10.6. The summed E-state index contributed by atoms with van der Waals surface area (Å²) in [6, 6.07) is 0. The van der Waals surface area contributed by atoms with Crippen molar-refractivity contribution in [2.75, 3.05) is 19.8 Å². The molecule has 0 aromatic rings. The lowest BCUT2D eigenvalue weighted by Crippen LogP contribution is -2.29. The van der Waals surface area contributed by atoms with Gasteiger partial charge in [0.05, 0.1) is 6.61 Å². The molecule has 1 unspecified atom stereocenters. The number of hydrogen-bond acceptors (Lipinski definition) is 4. The second kappa shape index (κ2) is 5.47. The van der Waals surface area contributed by atoms with E-state index in [0.29, 0.717) is 6.61 Å². The van der Waals surface area contributed by atoms with Crippen molar-refractivity contribution in [1.29, 1.82) is 0 Å². The molecule has 0 saturated heterocycles. The maximum atomic E-state index is 10.6. The average molecular weight is 198 g/mol. The minimum absolute atomic E-state index is 0.136. The van der Waals surface area contributed by atoms with Crippen LogP contribution in [0.25, 0.3) is 0 Å². The smallest absolute Gasteiger partial charge is 0.294 e. The van der Waals surface area contributed by atoms with Gasteiger partial charge in [-0.05, 0) is 13.8 Å². The van der Waals surface area contributed by atoms with E-state index in [9.17, 15) is 8.42 Å². The van der Waals surface area contributed by atoms with Crippen LogP contribution < -0.4 is 0 Å². The van der Waals surface area contributed by atoms with Gasteiger partial charge in [0.1, 0.15) is 0 Å². The first-order valence-corrected chi connectivity index (χ1v) is 5.18. The standard InChI is InChI=1S/C6H14O5S/c1-3-10-5-6(11-4-2)12(7,8)9/h6H,3-5H2,1-2H3,(H,7,8,9). The molecule has 0 aliphatic carbocycles.